The molecule has 0 bridgehead atoms. The number of benzene rings is 2. The molecule has 106 valence electrons. The van der Waals surface area contributed by atoms with E-state index in [0.29, 0.717) is 0 Å². The van der Waals surface area contributed by atoms with Crippen LogP contribution in [0.3, 0.4) is 0 Å². The number of hydrogen-bond donors (Lipinski definition) is 1. The number of nitrogens with zero attached hydrogens (tertiary/aromatic N) is 2. The summed E-state index contributed by atoms with van der Waals surface area (Å²) in [5.74, 6) is 0. The Morgan fingerprint density at radius 1 is 1.10 bits per heavy atom. The number of aromatic nitrogens is 2. The molecule has 1 aromatic heterocycles. The Balaban J connectivity index is 2.05. The zero-order valence-corrected chi connectivity index (χ0v) is 13.1. The molecule has 1 N–H and O–H groups in total. The second-order valence-electron chi connectivity index (χ2n) is 4.54. The van der Waals surface area contributed by atoms with E-state index in [2.05, 4.69) is 21.4 Å². The molecule has 0 aliphatic carbocycles. The molecule has 0 aliphatic heterocycles. The van der Waals surface area contributed by atoms with Crippen LogP contribution < -0.4 is 5.32 Å². The van der Waals surface area contributed by atoms with Gasteiger partial charge in [0.05, 0.1) is 5.52 Å². The van der Waals surface area contributed by atoms with Crippen LogP contribution in [0.4, 0.5) is 0 Å². The highest BCUT2D eigenvalue weighted by Gasteiger charge is 2.11. The summed E-state index contributed by atoms with van der Waals surface area (Å²) < 4.78 is 0. The van der Waals surface area contributed by atoms with Crippen molar-refractivity contribution >= 4 is 34.3 Å². The lowest BCUT2D eigenvalue weighted by atomic mass is 10.2. The minimum atomic E-state index is 0.727. The van der Waals surface area contributed by atoms with E-state index >= 15 is 0 Å². The van der Waals surface area contributed by atoms with E-state index in [1.165, 1.54) is 0 Å². The maximum Gasteiger partial charge on any atom is 0.117 e. The van der Waals surface area contributed by atoms with Crippen molar-refractivity contribution in [1.29, 1.82) is 0 Å². The first-order valence-corrected chi connectivity index (χ1v) is 7.78. The van der Waals surface area contributed by atoms with Gasteiger partial charge in [-0.1, -0.05) is 47.6 Å². The van der Waals surface area contributed by atoms with Crippen molar-refractivity contribution in [3.8, 4) is 0 Å². The number of para-hydroxylation sites is 1. The van der Waals surface area contributed by atoms with Crippen molar-refractivity contribution in [1.82, 2.24) is 15.3 Å². The Morgan fingerprint density at radius 2 is 1.95 bits per heavy atom. The number of rotatable bonds is 4. The average Bonchev–Trinajstić information content (AvgIpc) is 2.51. The van der Waals surface area contributed by atoms with Gasteiger partial charge in [-0.25, -0.2) is 9.97 Å². The van der Waals surface area contributed by atoms with Crippen molar-refractivity contribution in [3.05, 3.63) is 59.4 Å². The van der Waals surface area contributed by atoms with E-state index in [-0.39, 0.29) is 0 Å². The van der Waals surface area contributed by atoms with Crippen molar-refractivity contribution in [2.24, 2.45) is 0 Å². The summed E-state index contributed by atoms with van der Waals surface area (Å²) in [6.07, 6.45) is 1.60. The predicted octanol–water partition coefficient (Wildman–Crippen LogP) is 4.15. The quantitative estimate of drug-likeness (QED) is 0.734. The van der Waals surface area contributed by atoms with Crippen molar-refractivity contribution < 1.29 is 0 Å². The highest BCUT2D eigenvalue weighted by molar-refractivity contribution is 7.99. The van der Waals surface area contributed by atoms with E-state index in [9.17, 15) is 0 Å². The molecule has 3 rings (SSSR count). The van der Waals surface area contributed by atoms with Crippen LogP contribution in [-0.4, -0.2) is 17.0 Å². The topological polar surface area (TPSA) is 37.8 Å². The molecular formula is C16H14ClN3S. The summed E-state index contributed by atoms with van der Waals surface area (Å²) in [4.78, 5) is 9.83. The van der Waals surface area contributed by atoms with Crippen LogP contribution in [0, 0.1) is 0 Å². The van der Waals surface area contributed by atoms with Gasteiger partial charge in [0.15, 0.2) is 0 Å². The largest absolute Gasteiger partial charge is 0.316 e. The van der Waals surface area contributed by atoms with Gasteiger partial charge in [0.2, 0.25) is 0 Å². The summed E-state index contributed by atoms with van der Waals surface area (Å²) >= 11 is 7.93. The highest BCUT2D eigenvalue weighted by Crippen LogP contribution is 2.35. The van der Waals surface area contributed by atoms with Gasteiger partial charge in [-0.15, -0.1) is 0 Å². The van der Waals surface area contributed by atoms with E-state index < -0.39 is 0 Å². The summed E-state index contributed by atoms with van der Waals surface area (Å²) in [7, 11) is 1.91. The molecule has 0 saturated heterocycles. The van der Waals surface area contributed by atoms with Crippen molar-refractivity contribution in [2.45, 2.75) is 16.5 Å². The van der Waals surface area contributed by atoms with Crippen LogP contribution in [0.25, 0.3) is 10.9 Å². The first-order chi connectivity index (χ1) is 10.3. The first kappa shape index (κ1) is 14.3. The molecule has 2 aromatic carbocycles. The standard InChI is InChI=1S/C16H14ClN3S/c1-18-9-12-13(17)6-4-8-15(12)21-16-11-5-2-3-7-14(11)19-10-20-16/h2-8,10,18H,9H2,1H3. The summed E-state index contributed by atoms with van der Waals surface area (Å²) in [6, 6.07) is 14.0. The lowest BCUT2D eigenvalue weighted by Crippen LogP contribution is -2.06. The number of halogens is 1. The zero-order chi connectivity index (χ0) is 14.7. The molecule has 0 fully saturated rings. The van der Waals surface area contributed by atoms with Gasteiger partial charge in [-0.3, -0.25) is 0 Å². The van der Waals surface area contributed by atoms with Gasteiger partial charge in [-0.2, -0.15) is 0 Å². The monoisotopic (exact) mass is 315 g/mol. The molecule has 3 nitrogen and oxygen atoms in total. The Kier molecular flexibility index (Phi) is 4.39. The predicted molar refractivity (Wildman–Crippen MR) is 87.9 cm³/mol. The molecule has 5 heteroatoms. The summed E-state index contributed by atoms with van der Waals surface area (Å²) in [5, 5.41) is 5.93. The van der Waals surface area contributed by atoms with Crippen LogP contribution in [0.5, 0.6) is 0 Å². The zero-order valence-electron chi connectivity index (χ0n) is 11.5. The van der Waals surface area contributed by atoms with Gasteiger partial charge in [-0.05, 0) is 30.8 Å². The molecule has 21 heavy (non-hydrogen) atoms. The van der Waals surface area contributed by atoms with Crippen LogP contribution in [0.15, 0.2) is 58.7 Å². The minimum absolute atomic E-state index is 0.727. The van der Waals surface area contributed by atoms with Gasteiger partial charge in [0.1, 0.15) is 11.4 Å². The van der Waals surface area contributed by atoms with Gasteiger partial charge in [0.25, 0.3) is 0 Å². The Labute approximate surface area is 132 Å². The lowest BCUT2D eigenvalue weighted by molar-refractivity contribution is 0.803. The molecule has 0 amide bonds. The third kappa shape index (κ3) is 3.02. The van der Waals surface area contributed by atoms with E-state index in [0.717, 1.165) is 38.0 Å². The number of nitrogens with one attached hydrogen (secondary N) is 1. The SMILES string of the molecule is CNCc1c(Cl)cccc1Sc1ncnc2ccccc12. The second-order valence-corrected chi connectivity index (χ2v) is 5.98. The summed E-state index contributed by atoms with van der Waals surface area (Å²) in [5.41, 5.74) is 2.04. The van der Waals surface area contributed by atoms with Crippen LogP contribution >= 0.6 is 23.4 Å². The normalized spacial score (nSPS) is 11.0. The fourth-order valence-electron chi connectivity index (χ4n) is 2.15. The van der Waals surface area contributed by atoms with Crippen molar-refractivity contribution in [3.63, 3.8) is 0 Å². The molecule has 0 saturated carbocycles. The Hall–Kier alpha value is -1.62. The van der Waals surface area contributed by atoms with E-state index in [1.54, 1.807) is 18.1 Å². The molecule has 0 radical (unpaired) electrons. The van der Waals surface area contributed by atoms with Gasteiger partial charge < -0.3 is 5.32 Å². The smallest absolute Gasteiger partial charge is 0.117 e. The second kappa shape index (κ2) is 6.43. The molecule has 0 unspecified atom stereocenters. The van der Waals surface area contributed by atoms with Crippen molar-refractivity contribution in [2.75, 3.05) is 7.05 Å². The summed E-state index contributed by atoms with van der Waals surface area (Å²) in [6.45, 7) is 0.727. The maximum absolute atomic E-state index is 6.31. The average molecular weight is 316 g/mol. The minimum Gasteiger partial charge on any atom is -0.316 e. The number of hydrogen-bond acceptors (Lipinski definition) is 4. The Bertz CT molecular complexity index is 771. The molecule has 0 spiro atoms. The maximum atomic E-state index is 6.31. The Morgan fingerprint density at radius 3 is 2.81 bits per heavy atom. The van der Waals surface area contributed by atoms with Crippen LogP contribution in [0.2, 0.25) is 5.02 Å². The molecule has 0 aliphatic rings. The van der Waals surface area contributed by atoms with Gasteiger partial charge >= 0.3 is 0 Å². The third-order valence-corrected chi connectivity index (χ3v) is 4.62. The molecule has 0 atom stereocenters. The molecule has 3 aromatic rings. The van der Waals surface area contributed by atoms with Crippen LogP contribution in [0.1, 0.15) is 5.56 Å². The van der Waals surface area contributed by atoms with E-state index in [1.807, 2.05) is 43.4 Å². The first-order valence-electron chi connectivity index (χ1n) is 6.59. The lowest BCUT2D eigenvalue weighted by Gasteiger charge is -2.11. The van der Waals surface area contributed by atoms with E-state index in [4.69, 9.17) is 11.6 Å². The highest BCUT2D eigenvalue weighted by atomic mass is 35.5. The van der Waals surface area contributed by atoms with Gasteiger partial charge in [0, 0.05) is 21.8 Å². The van der Waals surface area contributed by atoms with Crippen LogP contribution in [-0.2, 0) is 6.54 Å². The fourth-order valence-corrected chi connectivity index (χ4v) is 3.49. The fraction of sp³-hybridized carbons (Fsp3) is 0.125. The number of fused-ring (bicyclic) bond motifs is 1. The third-order valence-electron chi connectivity index (χ3n) is 3.14. The molecule has 1 heterocycles. The molecular weight excluding hydrogens is 302 g/mol.